The molecule has 0 saturated heterocycles. The van der Waals surface area contributed by atoms with E-state index in [0.717, 1.165) is 11.4 Å². The largest absolute Gasteiger partial charge is 0.322 e. The van der Waals surface area contributed by atoms with E-state index in [0.29, 0.717) is 21.3 Å². The Bertz CT molecular complexity index is 859. The number of rotatable bonds is 3. The van der Waals surface area contributed by atoms with Crippen LogP contribution in [0.4, 0.5) is 5.69 Å². The summed E-state index contributed by atoms with van der Waals surface area (Å²) in [6, 6.07) is 12.0. The van der Waals surface area contributed by atoms with Gasteiger partial charge in [0.1, 0.15) is 0 Å². The summed E-state index contributed by atoms with van der Waals surface area (Å²) in [4.78, 5) is 12.3. The number of anilines is 1. The van der Waals surface area contributed by atoms with Crippen molar-refractivity contribution in [1.29, 1.82) is 0 Å². The van der Waals surface area contributed by atoms with E-state index in [-0.39, 0.29) is 5.91 Å². The van der Waals surface area contributed by atoms with Crippen LogP contribution in [0.1, 0.15) is 16.1 Å². The van der Waals surface area contributed by atoms with Crippen LogP contribution in [0.25, 0.3) is 5.69 Å². The van der Waals surface area contributed by atoms with Crippen LogP contribution in [0.3, 0.4) is 0 Å². The maximum absolute atomic E-state index is 12.3. The fourth-order valence-corrected chi connectivity index (χ4v) is 2.37. The van der Waals surface area contributed by atoms with E-state index in [2.05, 4.69) is 15.6 Å². The molecular formula is C16H12Cl2N4O. The van der Waals surface area contributed by atoms with Crippen LogP contribution in [0.2, 0.25) is 10.0 Å². The van der Waals surface area contributed by atoms with Crippen molar-refractivity contribution >= 4 is 34.8 Å². The number of carbonyl (C=O) groups is 1. The molecule has 1 N–H and O–H groups in total. The molecule has 0 radical (unpaired) electrons. The average molecular weight is 347 g/mol. The van der Waals surface area contributed by atoms with Crippen LogP contribution >= 0.6 is 23.2 Å². The number of aryl methyl sites for hydroxylation is 1. The molecule has 23 heavy (non-hydrogen) atoms. The lowest BCUT2D eigenvalue weighted by molar-refractivity contribution is 0.102. The second-order valence-corrected chi connectivity index (χ2v) is 5.73. The van der Waals surface area contributed by atoms with Crippen LogP contribution in [0.15, 0.2) is 48.7 Å². The van der Waals surface area contributed by atoms with Gasteiger partial charge in [0, 0.05) is 11.3 Å². The van der Waals surface area contributed by atoms with Crippen molar-refractivity contribution < 1.29 is 4.79 Å². The molecule has 0 bridgehead atoms. The molecule has 3 rings (SSSR count). The average Bonchev–Trinajstić information content (AvgIpc) is 2.97. The second kappa shape index (κ2) is 6.40. The molecule has 5 nitrogen and oxygen atoms in total. The van der Waals surface area contributed by atoms with Crippen molar-refractivity contribution in [3.63, 3.8) is 0 Å². The van der Waals surface area contributed by atoms with Gasteiger partial charge in [-0.15, -0.1) is 5.10 Å². The minimum atomic E-state index is -0.231. The van der Waals surface area contributed by atoms with Gasteiger partial charge in [-0.3, -0.25) is 4.79 Å². The van der Waals surface area contributed by atoms with Crippen molar-refractivity contribution in [3.05, 3.63) is 70.0 Å². The Morgan fingerprint density at radius 2 is 1.83 bits per heavy atom. The normalized spacial score (nSPS) is 10.6. The number of aromatic nitrogens is 3. The van der Waals surface area contributed by atoms with Gasteiger partial charge >= 0.3 is 0 Å². The topological polar surface area (TPSA) is 59.8 Å². The van der Waals surface area contributed by atoms with Crippen LogP contribution in [0.5, 0.6) is 0 Å². The zero-order valence-corrected chi connectivity index (χ0v) is 13.6. The number of halogens is 2. The summed E-state index contributed by atoms with van der Waals surface area (Å²) in [6.07, 6.45) is 1.67. The van der Waals surface area contributed by atoms with E-state index in [1.807, 2.05) is 19.1 Å². The van der Waals surface area contributed by atoms with Gasteiger partial charge in [0.15, 0.2) is 0 Å². The van der Waals surface area contributed by atoms with Gasteiger partial charge in [0.25, 0.3) is 5.91 Å². The molecule has 1 heterocycles. The highest BCUT2D eigenvalue weighted by atomic mass is 35.5. The molecule has 0 unspecified atom stereocenters. The van der Waals surface area contributed by atoms with Crippen LogP contribution in [-0.2, 0) is 0 Å². The summed E-state index contributed by atoms with van der Waals surface area (Å²) < 4.78 is 1.70. The first-order chi connectivity index (χ1) is 11.0. The van der Waals surface area contributed by atoms with Crippen LogP contribution in [0, 0.1) is 6.92 Å². The Morgan fingerprint density at radius 1 is 1.09 bits per heavy atom. The van der Waals surface area contributed by atoms with Gasteiger partial charge in [-0.1, -0.05) is 28.4 Å². The first-order valence-electron chi connectivity index (χ1n) is 6.79. The lowest BCUT2D eigenvalue weighted by Crippen LogP contribution is -2.12. The molecule has 2 aromatic carbocycles. The highest BCUT2D eigenvalue weighted by Gasteiger charge is 2.09. The smallest absolute Gasteiger partial charge is 0.255 e. The molecule has 0 saturated carbocycles. The molecule has 0 spiro atoms. The van der Waals surface area contributed by atoms with Crippen LogP contribution < -0.4 is 5.32 Å². The van der Waals surface area contributed by atoms with Crippen molar-refractivity contribution in [2.75, 3.05) is 5.32 Å². The first kappa shape index (κ1) is 15.5. The minimum Gasteiger partial charge on any atom is -0.322 e. The summed E-state index contributed by atoms with van der Waals surface area (Å²) >= 11 is 11.8. The third-order valence-electron chi connectivity index (χ3n) is 3.27. The number of amides is 1. The van der Waals surface area contributed by atoms with E-state index in [1.165, 1.54) is 0 Å². The summed E-state index contributed by atoms with van der Waals surface area (Å²) in [5.74, 6) is -0.231. The fraction of sp³-hybridized carbons (Fsp3) is 0.0625. The predicted octanol–water partition coefficient (Wildman–Crippen LogP) is 4.13. The van der Waals surface area contributed by atoms with Crippen molar-refractivity contribution in [2.45, 2.75) is 6.92 Å². The predicted molar refractivity (Wildman–Crippen MR) is 90.5 cm³/mol. The van der Waals surface area contributed by atoms with E-state index >= 15 is 0 Å². The Labute approximate surface area is 142 Å². The maximum atomic E-state index is 12.3. The van der Waals surface area contributed by atoms with Crippen molar-refractivity contribution in [2.24, 2.45) is 0 Å². The van der Waals surface area contributed by atoms with E-state index in [9.17, 15) is 4.79 Å². The Kier molecular flexibility index (Phi) is 4.32. The SMILES string of the molecule is Cc1cnnn1-c1ccc(C(=O)Nc2ccc(Cl)c(Cl)c2)cc1. The number of nitrogens with zero attached hydrogens (tertiary/aromatic N) is 3. The van der Waals surface area contributed by atoms with Crippen LogP contribution in [-0.4, -0.2) is 20.9 Å². The third-order valence-corrected chi connectivity index (χ3v) is 4.01. The second-order valence-electron chi connectivity index (χ2n) is 4.92. The monoisotopic (exact) mass is 346 g/mol. The number of hydrogen-bond acceptors (Lipinski definition) is 3. The molecule has 0 fully saturated rings. The summed E-state index contributed by atoms with van der Waals surface area (Å²) in [5, 5.41) is 11.4. The van der Waals surface area contributed by atoms with Crippen molar-refractivity contribution in [1.82, 2.24) is 15.0 Å². The first-order valence-corrected chi connectivity index (χ1v) is 7.54. The summed E-state index contributed by atoms with van der Waals surface area (Å²) in [5.41, 5.74) is 2.86. The van der Waals surface area contributed by atoms with Gasteiger partial charge in [-0.25, -0.2) is 4.68 Å². The number of carbonyl (C=O) groups excluding carboxylic acids is 1. The highest BCUT2D eigenvalue weighted by molar-refractivity contribution is 6.42. The standard InChI is InChI=1S/C16H12Cl2N4O/c1-10-9-19-21-22(10)13-5-2-11(3-6-13)16(23)20-12-4-7-14(17)15(18)8-12/h2-9H,1H3,(H,20,23). The zero-order valence-electron chi connectivity index (χ0n) is 12.1. The molecular weight excluding hydrogens is 335 g/mol. The number of nitrogens with one attached hydrogen (secondary N) is 1. The van der Waals surface area contributed by atoms with Crippen molar-refractivity contribution in [3.8, 4) is 5.69 Å². The Balaban J connectivity index is 1.77. The lowest BCUT2D eigenvalue weighted by atomic mass is 10.2. The van der Waals surface area contributed by atoms with E-state index in [1.54, 1.807) is 41.2 Å². The third kappa shape index (κ3) is 3.36. The Hall–Kier alpha value is -2.37. The van der Waals surface area contributed by atoms with Gasteiger partial charge in [-0.2, -0.15) is 0 Å². The molecule has 1 amide bonds. The Morgan fingerprint density at radius 3 is 2.43 bits per heavy atom. The fourth-order valence-electron chi connectivity index (χ4n) is 2.07. The van der Waals surface area contributed by atoms with E-state index < -0.39 is 0 Å². The molecule has 3 aromatic rings. The summed E-state index contributed by atoms with van der Waals surface area (Å²) in [7, 11) is 0. The molecule has 0 aliphatic carbocycles. The van der Waals surface area contributed by atoms with E-state index in [4.69, 9.17) is 23.2 Å². The molecule has 0 atom stereocenters. The molecule has 116 valence electrons. The zero-order chi connectivity index (χ0) is 16.4. The van der Waals surface area contributed by atoms with Gasteiger partial charge in [0.2, 0.25) is 0 Å². The lowest BCUT2D eigenvalue weighted by Gasteiger charge is -2.08. The highest BCUT2D eigenvalue weighted by Crippen LogP contribution is 2.25. The molecule has 0 aliphatic heterocycles. The van der Waals surface area contributed by atoms with Gasteiger partial charge in [-0.05, 0) is 49.4 Å². The molecule has 0 aliphatic rings. The minimum absolute atomic E-state index is 0.231. The number of hydrogen-bond donors (Lipinski definition) is 1. The summed E-state index contributed by atoms with van der Waals surface area (Å²) in [6.45, 7) is 1.91. The maximum Gasteiger partial charge on any atom is 0.255 e. The molecule has 7 heteroatoms. The van der Waals surface area contributed by atoms with Gasteiger partial charge < -0.3 is 5.32 Å². The molecule has 1 aromatic heterocycles. The van der Waals surface area contributed by atoms with Gasteiger partial charge in [0.05, 0.1) is 27.6 Å². The number of benzene rings is 2. The quantitative estimate of drug-likeness (QED) is 0.775.